The van der Waals surface area contributed by atoms with Crippen LogP contribution in [0.3, 0.4) is 0 Å². The van der Waals surface area contributed by atoms with Crippen LogP contribution in [0.15, 0.2) is 24.3 Å². The van der Waals surface area contributed by atoms with Gasteiger partial charge in [0.15, 0.2) is 6.04 Å². The summed E-state index contributed by atoms with van der Waals surface area (Å²) in [6, 6.07) is 3.77. The molecule has 0 aromatic heterocycles. The molecule has 0 saturated carbocycles. The molecule has 90 valence electrons. The molecule has 0 aliphatic rings. The average Bonchev–Trinajstić information content (AvgIpc) is 2.25. The van der Waals surface area contributed by atoms with E-state index in [0.29, 0.717) is 0 Å². The lowest BCUT2D eigenvalue weighted by Crippen LogP contribution is -2.31. The van der Waals surface area contributed by atoms with Gasteiger partial charge in [0.2, 0.25) is 5.91 Å². The molecule has 0 spiro atoms. The number of benzene rings is 1. The molecule has 0 saturated heterocycles. The fourth-order valence-corrected chi connectivity index (χ4v) is 1.28. The van der Waals surface area contributed by atoms with Gasteiger partial charge in [0.1, 0.15) is 0 Å². The van der Waals surface area contributed by atoms with Crippen molar-refractivity contribution in [2.45, 2.75) is 13.0 Å². The van der Waals surface area contributed by atoms with Crippen molar-refractivity contribution in [3.8, 4) is 0 Å². The molecule has 0 radical (unpaired) electrons. The van der Waals surface area contributed by atoms with Crippen LogP contribution >= 0.6 is 0 Å². The van der Waals surface area contributed by atoms with Crippen LogP contribution in [-0.2, 0) is 9.59 Å². The minimum atomic E-state index is -1.23. The van der Waals surface area contributed by atoms with Gasteiger partial charge in [0.25, 0.3) is 5.69 Å². The van der Waals surface area contributed by atoms with Crippen LogP contribution in [0.2, 0.25) is 0 Å². The molecule has 0 bridgehead atoms. The number of nitrogens with zero attached hydrogens (tertiary/aromatic N) is 1. The molecule has 0 fully saturated rings. The van der Waals surface area contributed by atoms with Gasteiger partial charge in [-0.05, 0) is 17.7 Å². The largest absolute Gasteiger partial charge is 0.479 e. The van der Waals surface area contributed by atoms with Crippen molar-refractivity contribution in [2.75, 3.05) is 0 Å². The molecule has 0 heterocycles. The SMILES string of the molecule is CC(=O)NC(C(=O)O)c1ccc([N+](=O)[O-])cc1. The van der Waals surface area contributed by atoms with Crippen LogP contribution in [-0.4, -0.2) is 21.9 Å². The fourth-order valence-electron chi connectivity index (χ4n) is 1.28. The number of hydrogen-bond donors (Lipinski definition) is 2. The van der Waals surface area contributed by atoms with Crippen LogP contribution in [0.5, 0.6) is 0 Å². The number of nitro benzene ring substituents is 1. The average molecular weight is 238 g/mol. The zero-order valence-electron chi connectivity index (χ0n) is 8.91. The third-order valence-corrected chi connectivity index (χ3v) is 2.03. The van der Waals surface area contributed by atoms with Gasteiger partial charge in [-0.2, -0.15) is 0 Å². The molecule has 1 amide bonds. The normalized spacial score (nSPS) is 11.6. The summed E-state index contributed by atoms with van der Waals surface area (Å²) in [6.45, 7) is 1.20. The maximum atomic E-state index is 10.9. The van der Waals surface area contributed by atoms with E-state index in [1.54, 1.807) is 0 Å². The smallest absolute Gasteiger partial charge is 0.330 e. The maximum Gasteiger partial charge on any atom is 0.330 e. The predicted octanol–water partition coefficient (Wildman–Crippen LogP) is 0.857. The van der Waals surface area contributed by atoms with Crippen molar-refractivity contribution in [3.05, 3.63) is 39.9 Å². The van der Waals surface area contributed by atoms with Gasteiger partial charge in [-0.25, -0.2) is 4.79 Å². The molecule has 7 heteroatoms. The van der Waals surface area contributed by atoms with E-state index in [-0.39, 0.29) is 11.3 Å². The second kappa shape index (κ2) is 5.06. The van der Waals surface area contributed by atoms with Crippen molar-refractivity contribution in [3.63, 3.8) is 0 Å². The van der Waals surface area contributed by atoms with Crippen molar-refractivity contribution in [1.82, 2.24) is 5.32 Å². The second-order valence-corrected chi connectivity index (χ2v) is 3.32. The quantitative estimate of drug-likeness (QED) is 0.597. The molecule has 7 nitrogen and oxygen atoms in total. The van der Waals surface area contributed by atoms with Crippen LogP contribution in [0, 0.1) is 10.1 Å². The molecule has 0 aliphatic carbocycles. The highest BCUT2D eigenvalue weighted by atomic mass is 16.6. The van der Waals surface area contributed by atoms with Gasteiger partial charge >= 0.3 is 5.97 Å². The van der Waals surface area contributed by atoms with Crippen LogP contribution in [0.25, 0.3) is 0 Å². The Balaban J connectivity index is 2.99. The number of carbonyl (C=O) groups excluding carboxylic acids is 1. The first kappa shape index (κ1) is 12.6. The molecule has 1 atom stereocenters. The van der Waals surface area contributed by atoms with E-state index in [1.807, 2.05) is 0 Å². The molecule has 1 aromatic carbocycles. The number of aliphatic carboxylic acids is 1. The van der Waals surface area contributed by atoms with E-state index < -0.39 is 22.8 Å². The summed E-state index contributed by atoms with van der Waals surface area (Å²) in [5.74, 6) is -1.72. The summed E-state index contributed by atoms with van der Waals surface area (Å²) in [6.07, 6.45) is 0. The fraction of sp³-hybridized carbons (Fsp3) is 0.200. The second-order valence-electron chi connectivity index (χ2n) is 3.32. The van der Waals surface area contributed by atoms with E-state index >= 15 is 0 Å². The lowest BCUT2D eigenvalue weighted by atomic mass is 10.1. The van der Waals surface area contributed by atoms with E-state index in [4.69, 9.17) is 5.11 Å². The Morgan fingerprint density at radius 2 is 1.88 bits per heavy atom. The first-order chi connectivity index (χ1) is 7.91. The standard InChI is InChI=1S/C10H10N2O5/c1-6(13)11-9(10(14)15)7-2-4-8(5-3-7)12(16)17/h2-5,9H,1H3,(H,11,13)(H,14,15). The Morgan fingerprint density at radius 3 is 2.24 bits per heavy atom. The van der Waals surface area contributed by atoms with Gasteiger partial charge in [-0.15, -0.1) is 0 Å². The van der Waals surface area contributed by atoms with Gasteiger partial charge in [0, 0.05) is 19.1 Å². The summed E-state index contributed by atoms with van der Waals surface area (Å²) in [5.41, 5.74) is 0.138. The van der Waals surface area contributed by atoms with Crippen molar-refractivity contribution >= 4 is 17.6 Å². The Kier molecular flexibility index (Phi) is 3.76. The number of nitrogens with one attached hydrogen (secondary N) is 1. The van der Waals surface area contributed by atoms with Gasteiger partial charge in [-0.1, -0.05) is 0 Å². The minimum absolute atomic E-state index is 0.138. The summed E-state index contributed by atoms with van der Waals surface area (Å²) < 4.78 is 0. The first-order valence-electron chi connectivity index (χ1n) is 4.66. The van der Waals surface area contributed by atoms with Crippen molar-refractivity contribution in [2.24, 2.45) is 0 Å². The molecule has 1 aromatic rings. The maximum absolute atomic E-state index is 10.9. The topological polar surface area (TPSA) is 110 Å². The Morgan fingerprint density at radius 1 is 1.35 bits per heavy atom. The third kappa shape index (κ3) is 3.26. The van der Waals surface area contributed by atoms with Crippen LogP contribution in [0.1, 0.15) is 18.5 Å². The lowest BCUT2D eigenvalue weighted by Gasteiger charge is -2.12. The highest BCUT2D eigenvalue weighted by Crippen LogP contribution is 2.18. The van der Waals surface area contributed by atoms with Gasteiger partial charge in [-0.3, -0.25) is 14.9 Å². The highest BCUT2D eigenvalue weighted by molar-refractivity contribution is 5.83. The number of hydrogen-bond acceptors (Lipinski definition) is 4. The Hall–Kier alpha value is -2.44. The number of carboxylic acid groups (broad SMARTS) is 1. The molecule has 17 heavy (non-hydrogen) atoms. The number of non-ortho nitro benzene ring substituents is 1. The number of amides is 1. The van der Waals surface area contributed by atoms with E-state index in [0.717, 1.165) is 0 Å². The molecule has 1 rings (SSSR count). The summed E-state index contributed by atoms with van der Waals surface area (Å²) in [5, 5.41) is 21.6. The first-order valence-corrected chi connectivity index (χ1v) is 4.66. The van der Waals surface area contributed by atoms with Crippen LogP contribution in [0.4, 0.5) is 5.69 Å². The Bertz CT molecular complexity index is 454. The summed E-state index contributed by atoms with van der Waals surface area (Å²) in [4.78, 5) is 31.6. The number of carboxylic acids is 1. The van der Waals surface area contributed by atoms with E-state index in [9.17, 15) is 19.7 Å². The number of carbonyl (C=O) groups is 2. The third-order valence-electron chi connectivity index (χ3n) is 2.03. The number of nitro groups is 1. The van der Waals surface area contributed by atoms with Gasteiger partial charge < -0.3 is 10.4 Å². The van der Waals surface area contributed by atoms with Gasteiger partial charge in [0.05, 0.1) is 4.92 Å². The number of rotatable bonds is 4. The lowest BCUT2D eigenvalue weighted by molar-refractivity contribution is -0.384. The van der Waals surface area contributed by atoms with E-state index in [1.165, 1.54) is 31.2 Å². The van der Waals surface area contributed by atoms with Crippen molar-refractivity contribution < 1.29 is 19.6 Å². The summed E-state index contributed by atoms with van der Waals surface area (Å²) in [7, 11) is 0. The Labute approximate surface area is 96.2 Å². The minimum Gasteiger partial charge on any atom is -0.479 e. The molecular formula is C10H10N2O5. The molecular weight excluding hydrogens is 228 g/mol. The molecule has 2 N–H and O–H groups in total. The predicted molar refractivity (Wildman–Crippen MR) is 57.3 cm³/mol. The highest BCUT2D eigenvalue weighted by Gasteiger charge is 2.21. The van der Waals surface area contributed by atoms with Crippen molar-refractivity contribution in [1.29, 1.82) is 0 Å². The summed E-state index contributed by atoms with van der Waals surface area (Å²) >= 11 is 0. The van der Waals surface area contributed by atoms with Crippen LogP contribution < -0.4 is 5.32 Å². The monoisotopic (exact) mass is 238 g/mol. The van der Waals surface area contributed by atoms with E-state index in [2.05, 4.69) is 5.32 Å². The zero-order valence-corrected chi connectivity index (χ0v) is 8.91. The molecule has 0 aliphatic heterocycles. The zero-order chi connectivity index (χ0) is 13.0. The molecule has 1 unspecified atom stereocenters.